The number of carboxylic acids is 1. The summed E-state index contributed by atoms with van der Waals surface area (Å²) < 4.78 is 0. The highest BCUT2D eigenvalue weighted by molar-refractivity contribution is 6.31. The molecule has 0 unspecified atom stereocenters. The molecule has 0 aromatic heterocycles. The van der Waals surface area contributed by atoms with Gasteiger partial charge in [-0.25, -0.2) is 0 Å². The second-order valence-electron chi connectivity index (χ2n) is 2.23. The second kappa shape index (κ2) is 4.81. The molecule has 0 aliphatic heterocycles. The van der Waals surface area contributed by atoms with Crippen LogP contribution in [0.2, 0.25) is 0 Å². The van der Waals surface area contributed by atoms with Gasteiger partial charge in [0.25, 0.3) is 0 Å². The van der Waals surface area contributed by atoms with Gasteiger partial charge in [0.1, 0.15) is 12.1 Å². The summed E-state index contributed by atoms with van der Waals surface area (Å²) in [6, 6.07) is 0. The number of Topliss-reactive ketones (excluding diaryl/α,β-unsaturated/α-hetero) is 1. The van der Waals surface area contributed by atoms with Crippen LogP contribution in [0, 0.1) is 0 Å². The highest BCUT2D eigenvalue weighted by Crippen LogP contribution is 1.98. The van der Waals surface area contributed by atoms with E-state index in [0.717, 1.165) is 0 Å². The summed E-state index contributed by atoms with van der Waals surface area (Å²) in [5, 5.41) is 35.6. The largest absolute Gasteiger partial charge is 0.542 e. The van der Waals surface area contributed by atoms with Crippen molar-refractivity contribution in [1.29, 1.82) is 0 Å². The summed E-state index contributed by atoms with van der Waals surface area (Å²) in [6.45, 7) is -0.735. The van der Waals surface area contributed by atoms with Gasteiger partial charge in [-0.15, -0.1) is 0 Å². The van der Waals surface area contributed by atoms with Crippen molar-refractivity contribution in [1.82, 2.24) is 0 Å². The lowest BCUT2D eigenvalue weighted by molar-refractivity contribution is -0.300. The topological polar surface area (TPSA) is 118 Å². The van der Waals surface area contributed by atoms with E-state index in [1.165, 1.54) is 0 Å². The Morgan fingerprint density at radius 2 is 1.75 bits per heavy atom. The summed E-state index contributed by atoms with van der Waals surface area (Å²) in [7, 11) is 0. The quantitative estimate of drug-likeness (QED) is 0.373. The Balaban J connectivity index is 3.92. The monoisotopic (exact) mass is 177 g/mol. The second-order valence-corrected chi connectivity index (χ2v) is 2.23. The van der Waals surface area contributed by atoms with Gasteiger partial charge in [0.05, 0.1) is 12.7 Å². The molecule has 6 nitrogen and oxygen atoms in total. The van der Waals surface area contributed by atoms with Crippen LogP contribution >= 0.6 is 0 Å². The molecule has 0 spiro atoms. The molecule has 0 fully saturated rings. The summed E-state index contributed by atoms with van der Waals surface area (Å²) in [5.74, 6) is -3.23. The lowest BCUT2D eigenvalue weighted by Crippen LogP contribution is -2.38. The molecule has 70 valence electrons. The molecule has 6 heteroatoms. The van der Waals surface area contributed by atoms with Gasteiger partial charge in [-0.1, -0.05) is 0 Å². The molecule has 0 bridgehead atoms. The lowest BCUT2D eigenvalue weighted by atomic mass is 10.1. The van der Waals surface area contributed by atoms with Crippen molar-refractivity contribution in [2.45, 2.75) is 18.6 Å². The van der Waals surface area contributed by atoms with Gasteiger partial charge in [-0.2, -0.15) is 0 Å². The molecule has 2 atom stereocenters. The Morgan fingerprint density at radius 1 is 1.25 bits per heavy atom. The van der Waals surface area contributed by atoms with Gasteiger partial charge >= 0.3 is 0 Å². The van der Waals surface area contributed by atoms with Crippen LogP contribution in [-0.4, -0.2) is 45.9 Å². The molecule has 3 N–H and O–H groups in total. The maximum Gasteiger partial charge on any atom is 0.180 e. The van der Waals surface area contributed by atoms with Gasteiger partial charge in [0.2, 0.25) is 0 Å². The van der Waals surface area contributed by atoms with Gasteiger partial charge in [-0.05, 0) is 0 Å². The summed E-state index contributed by atoms with van der Waals surface area (Å²) in [5.41, 5.74) is 0. The zero-order chi connectivity index (χ0) is 9.72. The molecule has 0 heterocycles. The van der Waals surface area contributed by atoms with Crippen molar-refractivity contribution >= 4 is 11.8 Å². The first-order valence-corrected chi connectivity index (χ1v) is 3.20. The van der Waals surface area contributed by atoms with Gasteiger partial charge in [0, 0.05) is 6.42 Å². The van der Waals surface area contributed by atoms with Crippen molar-refractivity contribution < 1.29 is 30.0 Å². The molecule has 0 aromatic rings. The standard InChI is InChI=1S/C6H10O6/c7-2-5(10)3(8)1-4(9)6(11)12/h3,5,7-8,10H,1-2H2,(H,11,12)/p-1/t3-,5+/m0/s1. The van der Waals surface area contributed by atoms with Crippen molar-refractivity contribution in [2.24, 2.45) is 0 Å². The minimum atomic E-state index is -1.92. The molecular weight excluding hydrogens is 168 g/mol. The molecule has 0 radical (unpaired) electrons. The van der Waals surface area contributed by atoms with E-state index in [0.29, 0.717) is 0 Å². The van der Waals surface area contributed by atoms with Crippen LogP contribution in [0.15, 0.2) is 0 Å². The number of rotatable bonds is 5. The predicted octanol–water partition coefficient (Wildman–Crippen LogP) is -3.59. The third-order valence-electron chi connectivity index (χ3n) is 1.25. The Kier molecular flexibility index (Phi) is 4.42. The van der Waals surface area contributed by atoms with Gasteiger partial charge < -0.3 is 25.2 Å². The average molecular weight is 177 g/mol. The van der Waals surface area contributed by atoms with Gasteiger partial charge in [0.15, 0.2) is 5.78 Å². The maximum atomic E-state index is 10.4. The average Bonchev–Trinajstić information content (AvgIpc) is 2.02. The highest BCUT2D eigenvalue weighted by atomic mass is 16.4. The molecule has 0 aliphatic carbocycles. The molecule has 0 aromatic carbocycles. The first-order valence-electron chi connectivity index (χ1n) is 3.20. The molecule has 0 saturated heterocycles. The number of carboxylic acid groups (broad SMARTS) is 1. The first-order chi connectivity index (χ1) is 5.49. The zero-order valence-electron chi connectivity index (χ0n) is 6.14. The number of aliphatic hydroxyl groups is 3. The first kappa shape index (κ1) is 11.0. The zero-order valence-corrected chi connectivity index (χ0v) is 6.14. The van der Waals surface area contributed by atoms with E-state index in [-0.39, 0.29) is 0 Å². The molecule has 0 rings (SSSR count). The normalized spacial score (nSPS) is 15.2. The van der Waals surface area contributed by atoms with Crippen molar-refractivity contribution in [3.05, 3.63) is 0 Å². The Morgan fingerprint density at radius 3 is 2.08 bits per heavy atom. The number of hydrogen-bond donors (Lipinski definition) is 3. The minimum absolute atomic E-state index is 0.735. The smallest absolute Gasteiger partial charge is 0.180 e. The molecular formula is C6H9O6-. The van der Waals surface area contributed by atoms with Crippen molar-refractivity contribution in [3.63, 3.8) is 0 Å². The lowest BCUT2D eigenvalue weighted by Gasteiger charge is -2.14. The van der Waals surface area contributed by atoms with Crippen LogP contribution in [-0.2, 0) is 9.59 Å². The van der Waals surface area contributed by atoms with Crippen LogP contribution in [0.25, 0.3) is 0 Å². The number of hydrogen-bond acceptors (Lipinski definition) is 6. The molecule has 0 aliphatic rings. The van der Waals surface area contributed by atoms with Crippen LogP contribution in [0.5, 0.6) is 0 Å². The van der Waals surface area contributed by atoms with E-state index >= 15 is 0 Å². The highest BCUT2D eigenvalue weighted by Gasteiger charge is 2.18. The van der Waals surface area contributed by atoms with E-state index in [2.05, 4.69) is 0 Å². The van der Waals surface area contributed by atoms with E-state index in [9.17, 15) is 14.7 Å². The summed E-state index contributed by atoms with van der Waals surface area (Å²) in [6.07, 6.45) is -3.84. The minimum Gasteiger partial charge on any atom is -0.542 e. The Labute approximate surface area is 68.1 Å². The third kappa shape index (κ3) is 3.42. The van der Waals surface area contributed by atoms with Gasteiger partial charge in [-0.3, -0.25) is 4.79 Å². The summed E-state index contributed by atoms with van der Waals surface area (Å²) in [4.78, 5) is 20.2. The number of ketones is 1. The van der Waals surface area contributed by atoms with Crippen molar-refractivity contribution in [3.8, 4) is 0 Å². The third-order valence-corrected chi connectivity index (χ3v) is 1.25. The van der Waals surface area contributed by atoms with E-state index in [4.69, 9.17) is 15.3 Å². The number of carbonyl (C=O) groups is 2. The van der Waals surface area contributed by atoms with E-state index < -0.39 is 37.0 Å². The SMILES string of the molecule is O=C([O-])C(=O)C[C@H](O)[C@H](O)CO. The molecule has 0 saturated carbocycles. The van der Waals surface area contributed by atoms with Crippen LogP contribution in [0.3, 0.4) is 0 Å². The molecule has 12 heavy (non-hydrogen) atoms. The number of carbonyl (C=O) groups excluding carboxylic acids is 2. The Bertz CT molecular complexity index is 177. The fourth-order valence-corrected chi connectivity index (χ4v) is 0.531. The van der Waals surface area contributed by atoms with Crippen molar-refractivity contribution in [2.75, 3.05) is 6.61 Å². The van der Waals surface area contributed by atoms with E-state index in [1.807, 2.05) is 0 Å². The predicted molar refractivity (Wildman–Crippen MR) is 33.7 cm³/mol. The summed E-state index contributed by atoms with van der Waals surface area (Å²) >= 11 is 0. The van der Waals surface area contributed by atoms with Crippen LogP contribution in [0.4, 0.5) is 0 Å². The fraction of sp³-hybridized carbons (Fsp3) is 0.667. The van der Waals surface area contributed by atoms with Crippen LogP contribution < -0.4 is 5.11 Å². The fourth-order valence-electron chi connectivity index (χ4n) is 0.531. The Hall–Kier alpha value is -0.980. The molecule has 0 amide bonds. The van der Waals surface area contributed by atoms with E-state index in [1.54, 1.807) is 0 Å². The maximum absolute atomic E-state index is 10.4. The number of aliphatic carboxylic acids is 1. The van der Waals surface area contributed by atoms with Crippen LogP contribution in [0.1, 0.15) is 6.42 Å². The number of aliphatic hydroxyl groups excluding tert-OH is 3.